The molecule has 2 aromatic carbocycles. The molecule has 0 bridgehead atoms. The van der Waals surface area contributed by atoms with Crippen molar-refractivity contribution < 1.29 is 13.6 Å². The van der Waals surface area contributed by atoms with E-state index in [0.29, 0.717) is 6.42 Å². The lowest BCUT2D eigenvalue weighted by Gasteiger charge is -2.14. The fourth-order valence-electron chi connectivity index (χ4n) is 2.44. The van der Waals surface area contributed by atoms with Crippen LogP contribution in [0.15, 0.2) is 36.4 Å². The largest absolute Gasteiger partial charge is 0.373 e. The van der Waals surface area contributed by atoms with Crippen LogP contribution in [0.3, 0.4) is 0 Å². The highest BCUT2D eigenvalue weighted by molar-refractivity contribution is 5.98. The van der Waals surface area contributed by atoms with E-state index >= 15 is 0 Å². The van der Waals surface area contributed by atoms with Gasteiger partial charge in [-0.05, 0) is 30.2 Å². The van der Waals surface area contributed by atoms with Crippen molar-refractivity contribution in [1.82, 2.24) is 0 Å². The van der Waals surface area contributed by atoms with E-state index in [1.807, 2.05) is 24.3 Å². The van der Waals surface area contributed by atoms with Gasteiger partial charge in [0.2, 0.25) is 5.91 Å². The van der Waals surface area contributed by atoms with Gasteiger partial charge in [0.15, 0.2) is 5.82 Å². The van der Waals surface area contributed by atoms with Crippen molar-refractivity contribution in [2.24, 2.45) is 0 Å². The third-order valence-electron chi connectivity index (χ3n) is 3.62. The minimum absolute atomic E-state index is 0.286. The zero-order valence-corrected chi connectivity index (χ0v) is 11.4. The highest BCUT2D eigenvalue weighted by atomic mass is 19.1. The Labute approximate surface area is 121 Å². The number of para-hydroxylation sites is 1. The van der Waals surface area contributed by atoms with Gasteiger partial charge < -0.3 is 10.6 Å². The van der Waals surface area contributed by atoms with Crippen molar-refractivity contribution in [2.45, 2.75) is 19.4 Å². The molecule has 1 amide bonds. The molecular weight excluding hydrogens is 274 g/mol. The van der Waals surface area contributed by atoms with E-state index in [9.17, 15) is 13.6 Å². The Morgan fingerprint density at radius 3 is 2.76 bits per heavy atom. The molecule has 2 aromatic rings. The van der Waals surface area contributed by atoms with Crippen molar-refractivity contribution in [3.05, 3.63) is 59.2 Å². The number of hydrogen-bond donors (Lipinski definition) is 2. The number of carbonyl (C=O) groups excluding carboxylic acids is 1. The first-order valence-electron chi connectivity index (χ1n) is 6.66. The molecule has 0 radical (unpaired) electrons. The number of nitrogens with one attached hydrogen (secondary N) is 2. The van der Waals surface area contributed by atoms with Gasteiger partial charge >= 0.3 is 0 Å². The lowest BCUT2D eigenvalue weighted by Crippen LogP contribution is -2.33. The third-order valence-corrected chi connectivity index (χ3v) is 3.62. The standard InChI is InChI=1S/C16H14F2N2O/c1-9-6-7-11(17)15(14(9)18)20-16(21)13-8-10-4-2-3-5-12(10)19-13/h2-7,13,19H,8H2,1H3,(H,20,21)/t13-/m0/s1. The quantitative estimate of drug-likeness (QED) is 0.890. The molecule has 0 spiro atoms. The highest BCUT2D eigenvalue weighted by Crippen LogP contribution is 2.27. The predicted octanol–water partition coefficient (Wildman–Crippen LogP) is 3.25. The molecule has 0 fully saturated rings. The lowest BCUT2D eigenvalue weighted by atomic mass is 10.1. The molecule has 0 saturated heterocycles. The zero-order valence-electron chi connectivity index (χ0n) is 11.4. The number of halogens is 2. The second-order valence-electron chi connectivity index (χ2n) is 5.10. The van der Waals surface area contributed by atoms with Crippen LogP contribution in [0.2, 0.25) is 0 Å². The topological polar surface area (TPSA) is 41.1 Å². The zero-order chi connectivity index (χ0) is 15.0. The summed E-state index contributed by atoms with van der Waals surface area (Å²) in [6.07, 6.45) is 0.497. The molecule has 21 heavy (non-hydrogen) atoms. The first-order chi connectivity index (χ1) is 10.1. The van der Waals surface area contributed by atoms with E-state index in [4.69, 9.17) is 0 Å². The second kappa shape index (κ2) is 5.16. The molecular formula is C16H14F2N2O. The van der Waals surface area contributed by atoms with Crippen LogP contribution in [-0.2, 0) is 11.2 Å². The van der Waals surface area contributed by atoms with Crippen molar-refractivity contribution in [3.63, 3.8) is 0 Å². The number of anilines is 2. The average molecular weight is 288 g/mol. The molecule has 0 aromatic heterocycles. The molecule has 5 heteroatoms. The summed E-state index contributed by atoms with van der Waals surface area (Å²) >= 11 is 0. The smallest absolute Gasteiger partial charge is 0.247 e. The normalized spacial score (nSPS) is 16.2. The summed E-state index contributed by atoms with van der Waals surface area (Å²) < 4.78 is 27.6. The molecule has 0 aliphatic carbocycles. The Kier molecular flexibility index (Phi) is 3.33. The van der Waals surface area contributed by atoms with E-state index in [0.717, 1.165) is 17.3 Å². The van der Waals surface area contributed by atoms with Gasteiger partial charge in [0.05, 0.1) is 0 Å². The molecule has 3 nitrogen and oxygen atoms in total. The minimum Gasteiger partial charge on any atom is -0.373 e. The number of rotatable bonds is 2. The van der Waals surface area contributed by atoms with Crippen LogP contribution in [-0.4, -0.2) is 11.9 Å². The second-order valence-corrected chi connectivity index (χ2v) is 5.10. The Morgan fingerprint density at radius 2 is 2.00 bits per heavy atom. The van der Waals surface area contributed by atoms with Gasteiger partial charge in [0.1, 0.15) is 17.5 Å². The lowest BCUT2D eigenvalue weighted by molar-refractivity contribution is -0.116. The fourth-order valence-corrected chi connectivity index (χ4v) is 2.44. The molecule has 1 atom stereocenters. The molecule has 0 saturated carbocycles. The number of amides is 1. The van der Waals surface area contributed by atoms with Crippen molar-refractivity contribution in [1.29, 1.82) is 0 Å². The van der Waals surface area contributed by atoms with Gasteiger partial charge in [-0.1, -0.05) is 24.3 Å². The van der Waals surface area contributed by atoms with Crippen LogP contribution in [0.1, 0.15) is 11.1 Å². The monoisotopic (exact) mass is 288 g/mol. The molecule has 3 rings (SSSR count). The molecule has 2 N–H and O–H groups in total. The Morgan fingerprint density at radius 1 is 1.24 bits per heavy atom. The van der Waals surface area contributed by atoms with Gasteiger partial charge in [-0.15, -0.1) is 0 Å². The maximum atomic E-state index is 13.9. The minimum atomic E-state index is -0.776. The number of hydrogen-bond acceptors (Lipinski definition) is 2. The van der Waals surface area contributed by atoms with Crippen LogP contribution >= 0.6 is 0 Å². The highest BCUT2D eigenvalue weighted by Gasteiger charge is 2.27. The molecule has 1 aliphatic rings. The maximum absolute atomic E-state index is 13.9. The SMILES string of the molecule is Cc1ccc(F)c(NC(=O)[C@@H]2Cc3ccccc3N2)c1F. The van der Waals surface area contributed by atoms with E-state index in [2.05, 4.69) is 10.6 Å². The summed E-state index contributed by atoms with van der Waals surface area (Å²) in [6, 6.07) is 9.50. The first kappa shape index (κ1) is 13.5. The van der Waals surface area contributed by atoms with Crippen LogP contribution in [0.5, 0.6) is 0 Å². The Bertz CT molecular complexity index is 690. The van der Waals surface area contributed by atoms with Crippen LogP contribution in [0.4, 0.5) is 20.2 Å². The molecule has 0 unspecified atom stereocenters. The summed E-state index contributed by atoms with van der Waals surface area (Å²) in [5.74, 6) is -1.96. The van der Waals surface area contributed by atoms with Crippen molar-refractivity contribution >= 4 is 17.3 Å². The Hall–Kier alpha value is -2.43. The van der Waals surface area contributed by atoms with Gasteiger partial charge in [0.25, 0.3) is 0 Å². The summed E-state index contributed by atoms with van der Waals surface area (Å²) in [5, 5.41) is 5.40. The predicted molar refractivity (Wildman–Crippen MR) is 77.3 cm³/mol. The number of fused-ring (bicyclic) bond motifs is 1. The van der Waals surface area contributed by atoms with Crippen LogP contribution < -0.4 is 10.6 Å². The van der Waals surface area contributed by atoms with Gasteiger partial charge in [-0.2, -0.15) is 0 Å². The number of benzene rings is 2. The summed E-state index contributed by atoms with van der Waals surface area (Å²) in [6.45, 7) is 1.52. The van der Waals surface area contributed by atoms with Crippen LogP contribution in [0, 0.1) is 18.6 Å². The summed E-state index contributed by atoms with van der Waals surface area (Å²) in [7, 11) is 0. The van der Waals surface area contributed by atoms with Crippen molar-refractivity contribution in [3.8, 4) is 0 Å². The summed E-state index contributed by atoms with van der Waals surface area (Å²) in [5.41, 5.74) is 1.79. The van der Waals surface area contributed by atoms with Gasteiger partial charge in [0, 0.05) is 12.1 Å². The van der Waals surface area contributed by atoms with E-state index < -0.39 is 29.3 Å². The van der Waals surface area contributed by atoms with Crippen molar-refractivity contribution in [2.75, 3.05) is 10.6 Å². The van der Waals surface area contributed by atoms with E-state index in [1.165, 1.54) is 13.0 Å². The third kappa shape index (κ3) is 2.46. The van der Waals surface area contributed by atoms with Crippen LogP contribution in [0.25, 0.3) is 0 Å². The molecule has 1 aliphatic heterocycles. The summed E-state index contributed by atoms with van der Waals surface area (Å²) in [4.78, 5) is 12.2. The first-order valence-corrected chi connectivity index (χ1v) is 6.66. The molecule has 108 valence electrons. The van der Waals surface area contributed by atoms with Gasteiger partial charge in [-0.25, -0.2) is 8.78 Å². The van der Waals surface area contributed by atoms with E-state index in [-0.39, 0.29) is 5.56 Å². The maximum Gasteiger partial charge on any atom is 0.247 e. The van der Waals surface area contributed by atoms with E-state index in [1.54, 1.807) is 0 Å². The average Bonchev–Trinajstić information content (AvgIpc) is 2.91. The number of carbonyl (C=O) groups is 1. The Balaban J connectivity index is 1.79. The molecule has 1 heterocycles. The fraction of sp³-hybridized carbons (Fsp3) is 0.188. The number of aryl methyl sites for hydroxylation is 1. The van der Waals surface area contributed by atoms with Gasteiger partial charge in [-0.3, -0.25) is 4.79 Å².